The van der Waals surface area contributed by atoms with Gasteiger partial charge in [-0.1, -0.05) is 23.7 Å². The summed E-state index contributed by atoms with van der Waals surface area (Å²) >= 11 is 5.84. The molecule has 0 aromatic heterocycles. The number of rotatable bonds is 3. The summed E-state index contributed by atoms with van der Waals surface area (Å²) in [6.07, 6.45) is -0.486. The number of benzene rings is 2. The molecule has 0 amide bonds. The minimum Gasteiger partial charge on any atom is -0.506 e. The number of nitrogens with two attached hydrogens (primary N) is 1. The molecule has 0 heterocycles. The molecule has 2 aromatic carbocycles. The third kappa shape index (κ3) is 2.59. The van der Waals surface area contributed by atoms with Crippen LogP contribution in [0.2, 0.25) is 5.02 Å². The maximum absolute atomic E-state index is 10.0. The van der Waals surface area contributed by atoms with E-state index in [1.165, 1.54) is 13.2 Å². The molecule has 0 saturated carbocycles. The van der Waals surface area contributed by atoms with E-state index in [-0.39, 0.29) is 17.2 Å². The van der Waals surface area contributed by atoms with E-state index in [0.29, 0.717) is 10.6 Å². The molecule has 1 atom stereocenters. The van der Waals surface area contributed by atoms with Crippen molar-refractivity contribution < 1.29 is 14.9 Å². The van der Waals surface area contributed by atoms with Crippen LogP contribution in [0.25, 0.3) is 0 Å². The summed E-state index contributed by atoms with van der Waals surface area (Å²) in [7, 11) is 1.53. The Bertz CT molecular complexity index is 584. The maximum Gasteiger partial charge on any atom is 0.148 e. The molecule has 0 fully saturated rings. The van der Waals surface area contributed by atoms with Crippen molar-refractivity contribution in [3.8, 4) is 11.5 Å². The van der Waals surface area contributed by atoms with Gasteiger partial charge in [0.05, 0.1) is 0 Å². The lowest BCUT2D eigenvalue weighted by atomic mass is 9.99. The number of hydrogen-bond acceptors (Lipinski definition) is 4. The van der Waals surface area contributed by atoms with Crippen LogP contribution in [-0.2, 0) is 4.74 Å². The zero-order valence-electron chi connectivity index (χ0n) is 10.3. The summed E-state index contributed by atoms with van der Waals surface area (Å²) in [5, 5.41) is 20.1. The average molecular weight is 280 g/mol. The smallest absolute Gasteiger partial charge is 0.148 e. The molecule has 2 aromatic rings. The van der Waals surface area contributed by atoms with Crippen molar-refractivity contribution in [2.45, 2.75) is 6.10 Å². The highest BCUT2D eigenvalue weighted by Crippen LogP contribution is 2.39. The van der Waals surface area contributed by atoms with Crippen LogP contribution in [-0.4, -0.2) is 17.3 Å². The molecule has 0 spiro atoms. The molecule has 1 unspecified atom stereocenters. The number of nitrogen functional groups attached to an aromatic ring is 1. The SMILES string of the molecule is COC(c1ccc(Cl)cc1)c1ccc(O)c(N)c1O. The van der Waals surface area contributed by atoms with Crippen LogP contribution in [0, 0.1) is 0 Å². The molecule has 0 radical (unpaired) electrons. The second kappa shape index (κ2) is 5.38. The van der Waals surface area contributed by atoms with Crippen molar-refractivity contribution in [2.75, 3.05) is 12.8 Å². The summed E-state index contributed by atoms with van der Waals surface area (Å²) in [4.78, 5) is 0. The van der Waals surface area contributed by atoms with Gasteiger partial charge in [-0.2, -0.15) is 0 Å². The Balaban J connectivity index is 2.48. The van der Waals surface area contributed by atoms with Crippen LogP contribution in [0.15, 0.2) is 36.4 Å². The van der Waals surface area contributed by atoms with E-state index in [2.05, 4.69) is 0 Å². The summed E-state index contributed by atoms with van der Waals surface area (Å²) in [5.41, 5.74) is 6.85. The Morgan fingerprint density at radius 3 is 2.32 bits per heavy atom. The van der Waals surface area contributed by atoms with Gasteiger partial charge < -0.3 is 20.7 Å². The fourth-order valence-electron chi connectivity index (χ4n) is 1.91. The first-order chi connectivity index (χ1) is 9.04. The van der Waals surface area contributed by atoms with Crippen molar-refractivity contribution in [1.29, 1.82) is 0 Å². The number of aromatic hydroxyl groups is 2. The fraction of sp³-hybridized carbons (Fsp3) is 0.143. The standard InChI is InChI=1S/C14H14ClNO3/c1-19-14(8-2-4-9(15)5-3-8)10-6-7-11(17)12(16)13(10)18/h2-7,14,17-18H,16H2,1H3. The third-order valence-electron chi connectivity index (χ3n) is 2.92. The van der Waals surface area contributed by atoms with Gasteiger partial charge in [-0.15, -0.1) is 0 Å². The molecule has 2 rings (SSSR count). The van der Waals surface area contributed by atoms with E-state index in [1.807, 2.05) is 0 Å². The normalized spacial score (nSPS) is 12.3. The zero-order chi connectivity index (χ0) is 14.0. The number of ether oxygens (including phenoxy) is 1. The van der Waals surface area contributed by atoms with Crippen molar-refractivity contribution in [1.82, 2.24) is 0 Å². The van der Waals surface area contributed by atoms with Crippen LogP contribution in [0.1, 0.15) is 17.2 Å². The second-order valence-corrected chi connectivity index (χ2v) is 4.54. The van der Waals surface area contributed by atoms with E-state index in [0.717, 1.165) is 5.56 Å². The molecule has 0 aliphatic carbocycles. The Hall–Kier alpha value is -1.91. The molecular weight excluding hydrogens is 266 g/mol. The number of methoxy groups -OCH3 is 1. The molecule has 19 heavy (non-hydrogen) atoms. The van der Waals surface area contributed by atoms with Crippen LogP contribution < -0.4 is 5.73 Å². The fourth-order valence-corrected chi connectivity index (χ4v) is 2.03. The summed E-state index contributed by atoms with van der Waals surface area (Å²) < 4.78 is 5.40. The Morgan fingerprint density at radius 2 is 1.74 bits per heavy atom. The number of halogens is 1. The van der Waals surface area contributed by atoms with E-state index in [1.54, 1.807) is 30.3 Å². The lowest BCUT2D eigenvalue weighted by Crippen LogP contribution is -2.05. The molecule has 4 N–H and O–H groups in total. The van der Waals surface area contributed by atoms with Crippen molar-refractivity contribution in [3.05, 3.63) is 52.5 Å². The highest BCUT2D eigenvalue weighted by atomic mass is 35.5. The quantitative estimate of drug-likeness (QED) is 0.596. The van der Waals surface area contributed by atoms with Gasteiger partial charge in [0.1, 0.15) is 23.3 Å². The molecule has 0 bridgehead atoms. The van der Waals surface area contributed by atoms with Gasteiger partial charge in [-0.05, 0) is 29.8 Å². The van der Waals surface area contributed by atoms with Crippen LogP contribution in [0.3, 0.4) is 0 Å². The average Bonchev–Trinajstić information content (AvgIpc) is 2.41. The van der Waals surface area contributed by atoms with E-state index >= 15 is 0 Å². The zero-order valence-corrected chi connectivity index (χ0v) is 11.1. The topological polar surface area (TPSA) is 75.7 Å². The Labute approximate surface area is 116 Å². The molecule has 0 aliphatic rings. The minimum atomic E-state index is -0.486. The van der Waals surface area contributed by atoms with Crippen LogP contribution in [0.4, 0.5) is 5.69 Å². The van der Waals surface area contributed by atoms with Gasteiger partial charge in [-0.25, -0.2) is 0 Å². The van der Waals surface area contributed by atoms with Gasteiger partial charge in [-0.3, -0.25) is 0 Å². The highest BCUT2D eigenvalue weighted by Gasteiger charge is 2.20. The first-order valence-corrected chi connectivity index (χ1v) is 6.01. The van der Waals surface area contributed by atoms with E-state index in [4.69, 9.17) is 22.1 Å². The van der Waals surface area contributed by atoms with Gasteiger partial charge in [0.2, 0.25) is 0 Å². The summed E-state index contributed by atoms with van der Waals surface area (Å²) in [6.45, 7) is 0. The number of anilines is 1. The minimum absolute atomic E-state index is 0.0616. The third-order valence-corrected chi connectivity index (χ3v) is 3.17. The number of phenols is 2. The predicted octanol–water partition coefficient (Wildman–Crippen LogP) is 3.07. The van der Waals surface area contributed by atoms with Gasteiger partial charge in [0.15, 0.2) is 0 Å². The summed E-state index contributed by atoms with van der Waals surface area (Å²) in [6, 6.07) is 10.1. The largest absolute Gasteiger partial charge is 0.506 e. The van der Waals surface area contributed by atoms with Gasteiger partial charge >= 0.3 is 0 Å². The molecule has 4 nitrogen and oxygen atoms in total. The van der Waals surface area contributed by atoms with E-state index in [9.17, 15) is 10.2 Å². The lowest BCUT2D eigenvalue weighted by molar-refractivity contribution is 0.134. The van der Waals surface area contributed by atoms with Crippen LogP contribution in [0.5, 0.6) is 11.5 Å². The monoisotopic (exact) mass is 279 g/mol. The highest BCUT2D eigenvalue weighted by molar-refractivity contribution is 6.30. The van der Waals surface area contributed by atoms with Crippen molar-refractivity contribution >= 4 is 17.3 Å². The summed E-state index contributed by atoms with van der Waals surface area (Å²) in [5.74, 6) is -0.339. The predicted molar refractivity (Wildman–Crippen MR) is 74.5 cm³/mol. The Kier molecular flexibility index (Phi) is 3.83. The molecule has 0 saturated heterocycles. The van der Waals surface area contributed by atoms with Crippen molar-refractivity contribution in [2.24, 2.45) is 0 Å². The first kappa shape index (κ1) is 13.5. The molecular formula is C14H14ClNO3. The van der Waals surface area contributed by atoms with Gasteiger partial charge in [0, 0.05) is 17.7 Å². The Morgan fingerprint density at radius 1 is 1.11 bits per heavy atom. The molecule has 100 valence electrons. The maximum atomic E-state index is 10.0. The van der Waals surface area contributed by atoms with Crippen molar-refractivity contribution in [3.63, 3.8) is 0 Å². The molecule has 5 heteroatoms. The molecule has 0 aliphatic heterocycles. The van der Waals surface area contributed by atoms with Gasteiger partial charge in [0.25, 0.3) is 0 Å². The number of hydrogen-bond donors (Lipinski definition) is 3. The lowest BCUT2D eigenvalue weighted by Gasteiger charge is -2.18. The van der Waals surface area contributed by atoms with E-state index < -0.39 is 6.10 Å². The second-order valence-electron chi connectivity index (χ2n) is 4.10. The van der Waals surface area contributed by atoms with Crippen LogP contribution >= 0.6 is 11.6 Å². The number of phenolic OH excluding ortho intramolecular Hbond substituents is 2. The first-order valence-electron chi connectivity index (χ1n) is 5.63.